The van der Waals surface area contributed by atoms with Gasteiger partial charge in [0.15, 0.2) is 5.78 Å². The van der Waals surface area contributed by atoms with Crippen LogP contribution in [0.4, 0.5) is 4.39 Å². The van der Waals surface area contributed by atoms with E-state index in [4.69, 9.17) is 18.9 Å². The van der Waals surface area contributed by atoms with Crippen LogP contribution in [0.3, 0.4) is 0 Å². The Morgan fingerprint density at radius 1 is 0.907 bits per heavy atom. The number of ketones is 1. The summed E-state index contributed by atoms with van der Waals surface area (Å²) in [6.07, 6.45) is 7.26. The number of carbonyl (C=O) groups excluding carboxylic acids is 2. The maximum Gasteiger partial charge on any atom is 0.259 e. The number of halogens is 1. The summed E-state index contributed by atoms with van der Waals surface area (Å²) in [4.78, 5) is 34.1. The first-order valence-electron chi connectivity index (χ1n) is 17.0. The zero-order valence-corrected chi connectivity index (χ0v) is 25.1. The molecule has 1 amide bonds. The zero-order chi connectivity index (χ0) is 29.1. The molecule has 4 saturated heterocycles. The number of carbonyl (C=O) groups is 2. The van der Waals surface area contributed by atoms with Gasteiger partial charge in [0.05, 0.1) is 74.5 Å². The van der Waals surface area contributed by atoms with Crippen LogP contribution in [0.2, 0.25) is 0 Å². The zero-order valence-electron chi connectivity index (χ0n) is 25.1. The molecule has 1 N–H and O–H groups in total. The average Bonchev–Trinajstić information content (AvgIpc) is 3.40. The van der Waals surface area contributed by atoms with Crippen molar-refractivity contribution in [3.63, 3.8) is 0 Å². The van der Waals surface area contributed by atoms with Gasteiger partial charge < -0.3 is 34.1 Å². The minimum atomic E-state index is -1.23. The normalized spacial score (nSPS) is 44.6. The van der Waals surface area contributed by atoms with Gasteiger partial charge in [-0.2, -0.15) is 0 Å². The van der Waals surface area contributed by atoms with Crippen LogP contribution >= 0.6 is 0 Å². The fourth-order valence-corrected chi connectivity index (χ4v) is 9.77. The third kappa shape index (κ3) is 5.16. The Morgan fingerprint density at radius 3 is 2.49 bits per heavy atom. The fraction of sp³-hybridized carbons (Fsp3) is 0.875. The molecule has 238 valence electrons. The lowest BCUT2D eigenvalue weighted by molar-refractivity contribution is -0.209. The maximum absolute atomic E-state index is 16.2. The third-order valence-corrected chi connectivity index (χ3v) is 11.9. The number of nitrogens with zero attached hydrogens (tertiary/aromatic N) is 3. The smallest absolute Gasteiger partial charge is 0.259 e. The Hall–Kier alpha value is -1.63. The lowest BCUT2D eigenvalue weighted by Gasteiger charge is -2.60. The Balaban J connectivity index is 1.09. The molecule has 0 spiro atoms. The van der Waals surface area contributed by atoms with E-state index in [0.717, 1.165) is 52.1 Å². The largest absolute Gasteiger partial charge is 0.379 e. The summed E-state index contributed by atoms with van der Waals surface area (Å²) in [6.45, 7) is 6.60. The number of rotatable bonds is 5. The van der Waals surface area contributed by atoms with Crippen molar-refractivity contribution in [3.8, 4) is 0 Å². The van der Waals surface area contributed by atoms with Gasteiger partial charge in [-0.15, -0.1) is 0 Å². The molecule has 0 aromatic heterocycles. The van der Waals surface area contributed by atoms with E-state index < -0.39 is 24.2 Å². The van der Waals surface area contributed by atoms with Crippen LogP contribution in [0, 0.1) is 17.8 Å². The fourth-order valence-electron chi connectivity index (χ4n) is 9.77. The Bertz CT molecular complexity index is 1100. The van der Waals surface area contributed by atoms with Crippen molar-refractivity contribution in [3.05, 3.63) is 11.8 Å². The van der Waals surface area contributed by atoms with Gasteiger partial charge in [-0.05, 0) is 43.9 Å². The lowest BCUT2D eigenvalue weighted by Crippen LogP contribution is -2.73. The number of fused-ring (bicyclic) bond motifs is 5. The molecule has 11 atom stereocenters. The van der Waals surface area contributed by atoms with Crippen molar-refractivity contribution < 1.29 is 32.9 Å². The number of nitrogens with one attached hydrogen (secondary N) is 1. The van der Waals surface area contributed by atoms with Gasteiger partial charge in [-0.1, -0.05) is 12.8 Å². The number of hydrogen-bond acceptors (Lipinski definition) is 9. The number of morpholine rings is 3. The first kappa shape index (κ1) is 28.8. The third-order valence-electron chi connectivity index (χ3n) is 11.9. The topological polar surface area (TPSA) is 92.8 Å². The number of ether oxygens (including phenoxy) is 4. The van der Waals surface area contributed by atoms with Gasteiger partial charge >= 0.3 is 0 Å². The summed E-state index contributed by atoms with van der Waals surface area (Å²) in [5.41, 5.74) is 0.205. The van der Waals surface area contributed by atoms with Gasteiger partial charge in [0.1, 0.15) is 6.17 Å². The molecule has 11 heteroatoms. The molecule has 3 saturated carbocycles. The highest BCUT2D eigenvalue weighted by atomic mass is 19.1. The second kappa shape index (κ2) is 11.9. The number of amides is 1. The van der Waals surface area contributed by atoms with Gasteiger partial charge in [-0.25, -0.2) is 4.39 Å². The van der Waals surface area contributed by atoms with Crippen LogP contribution in [-0.4, -0.2) is 141 Å². The Morgan fingerprint density at radius 2 is 1.67 bits per heavy atom. The van der Waals surface area contributed by atoms with E-state index >= 15 is 4.39 Å². The standard InChI is InChI=1S/C32H47FN4O6/c33-23-15-21-29-31(28(23)34-5-6-35-7-11-40-12-8-35)43-27-16-20-19-3-1-2-4-25(19)42-26(20)17-24(27)37(29)18-22(30(21)38)32(39)36-9-13-41-14-10-36/h18-21,23-29,31,34H,1-17H2. The summed E-state index contributed by atoms with van der Waals surface area (Å²) in [5.74, 6) is -0.0388. The van der Waals surface area contributed by atoms with Crippen molar-refractivity contribution in [1.82, 2.24) is 20.0 Å². The van der Waals surface area contributed by atoms with E-state index in [0.29, 0.717) is 50.8 Å². The van der Waals surface area contributed by atoms with Crippen LogP contribution in [0.1, 0.15) is 44.9 Å². The summed E-state index contributed by atoms with van der Waals surface area (Å²) in [5, 5.41) is 3.54. The van der Waals surface area contributed by atoms with Crippen LogP contribution in [0.25, 0.3) is 0 Å². The number of hydrogen-bond donors (Lipinski definition) is 1. The van der Waals surface area contributed by atoms with Gasteiger partial charge in [0.2, 0.25) is 0 Å². The second-order valence-electron chi connectivity index (χ2n) is 14.0. The van der Waals surface area contributed by atoms with Gasteiger partial charge in [0, 0.05) is 51.4 Å². The monoisotopic (exact) mass is 602 g/mol. The molecule has 0 radical (unpaired) electrons. The Labute approximate surface area is 253 Å². The van der Waals surface area contributed by atoms with E-state index in [1.54, 1.807) is 4.90 Å². The molecular weight excluding hydrogens is 555 g/mol. The van der Waals surface area contributed by atoms with E-state index in [9.17, 15) is 9.59 Å². The first-order valence-corrected chi connectivity index (χ1v) is 17.0. The van der Waals surface area contributed by atoms with Crippen molar-refractivity contribution in [2.75, 3.05) is 65.7 Å². The summed E-state index contributed by atoms with van der Waals surface area (Å²) in [7, 11) is 0. The molecule has 5 aliphatic heterocycles. The van der Waals surface area contributed by atoms with E-state index in [1.165, 1.54) is 19.3 Å². The molecule has 3 aliphatic carbocycles. The van der Waals surface area contributed by atoms with Crippen LogP contribution in [0.5, 0.6) is 0 Å². The van der Waals surface area contributed by atoms with Crippen molar-refractivity contribution in [2.45, 2.75) is 93.7 Å². The van der Waals surface area contributed by atoms with E-state index in [1.807, 2.05) is 6.20 Å². The molecule has 7 fully saturated rings. The molecule has 0 aromatic rings. The minimum Gasteiger partial charge on any atom is -0.379 e. The summed E-state index contributed by atoms with van der Waals surface area (Å²) < 4.78 is 40.8. The summed E-state index contributed by atoms with van der Waals surface area (Å²) >= 11 is 0. The predicted molar refractivity (Wildman–Crippen MR) is 154 cm³/mol. The molecule has 0 aromatic carbocycles. The minimum absolute atomic E-state index is 0.0101. The van der Waals surface area contributed by atoms with Gasteiger partial charge in [0.25, 0.3) is 5.91 Å². The molecule has 5 heterocycles. The van der Waals surface area contributed by atoms with Crippen molar-refractivity contribution in [1.29, 1.82) is 0 Å². The second-order valence-corrected chi connectivity index (χ2v) is 14.0. The number of alkyl halides is 1. The van der Waals surface area contributed by atoms with Crippen molar-refractivity contribution in [2.24, 2.45) is 17.8 Å². The van der Waals surface area contributed by atoms with Crippen LogP contribution in [0.15, 0.2) is 11.8 Å². The molecule has 10 nitrogen and oxygen atoms in total. The highest BCUT2D eigenvalue weighted by Crippen LogP contribution is 2.52. The maximum atomic E-state index is 16.2. The van der Waals surface area contributed by atoms with Gasteiger partial charge in [-0.3, -0.25) is 14.5 Å². The molecule has 11 unspecified atom stereocenters. The Kier molecular flexibility index (Phi) is 8.01. The predicted octanol–water partition coefficient (Wildman–Crippen LogP) is 1.13. The quantitative estimate of drug-likeness (QED) is 0.465. The molecule has 0 bridgehead atoms. The lowest BCUT2D eigenvalue weighted by atomic mass is 9.67. The first-order chi connectivity index (χ1) is 21.1. The molecule has 8 rings (SSSR count). The molecular formula is C32H47FN4O6. The van der Waals surface area contributed by atoms with E-state index in [2.05, 4.69) is 15.1 Å². The van der Waals surface area contributed by atoms with Crippen LogP contribution in [-0.2, 0) is 28.5 Å². The molecule has 43 heavy (non-hydrogen) atoms. The highest BCUT2D eigenvalue weighted by molar-refractivity contribution is 6.20. The molecule has 8 aliphatic rings. The average molecular weight is 603 g/mol. The summed E-state index contributed by atoms with van der Waals surface area (Å²) in [6, 6.07) is -0.776. The SMILES string of the molecule is O=C1C(C(=O)N2CCOCC2)=CN2C3CC4OC5CCCCC5C4CC3OC3C(NCCN4CCOCC4)C(F)CC1C32. The van der Waals surface area contributed by atoms with Crippen molar-refractivity contribution >= 4 is 11.7 Å². The highest BCUT2D eigenvalue weighted by Gasteiger charge is 2.61. The van der Waals surface area contributed by atoms with Crippen LogP contribution < -0.4 is 5.32 Å². The van der Waals surface area contributed by atoms with E-state index in [-0.39, 0.29) is 48.0 Å². The number of Topliss-reactive ketones (excluding diaryl/α,β-unsaturated/α-hetero) is 1.